The van der Waals surface area contributed by atoms with Crippen molar-refractivity contribution in [1.29, 1.82) is 0 Å². The topological polar surface area (TPSA) is 86.8 Å². The average molecular weight is 514 g/mol. The number of ketones is 1. The van der Waals surface area contributed by atoms with Gasteiger partial charge in [0.05, 0.1) is 12.6 Å². The number of Topliss-reactive ketones (excluding diaryl/α,β-unsaturated/α-hetero) is 1. The lowest BCUT2D eigenvalue weighted by Gasteiger charge is -2.45. The van der Waals surface area contributed by atoms with E-state index in [1.54, 1.807) is 6.92 Å². The summed E-state index contributed by atoms with van der Waals surface area (Å²) >= 11 is 0. The Morgan fingerprint density at radius 2 is 1.46 bits per heavy atom. The lowest BCUT2D eigenvalue weighted by Crippen LogP contribution is -2.65. The highest BCUT2D eigenvalue weighted by Gasteiger charge is 2.55. The van der Waals surface area contributed by atoms with Crippen LogP contribution in [0, 0.1) is 5.41 Å². The number of hydrogen-bond donors (Lipinski definition) is 1. The van der Waals surface area contributed by atoms with Crippen molar-refractivity contribution in [2.45, 2.75) is 134 Å². The number of urea groups is 1. The van der Waals surface area contributed by atoms with Crippen LogP contribution in [-0.2, 0) is 14.4 Å². The van der Waals surface area contributed by atoms with Gasteiger partial charge in [0.15, 0.2) is 5.78 Å². The highest BCUT2D eigenvalue weighted by atomic mass is 16.2. The van der Waals surface area contributed by atoms with Crippen LogP contribution in [-0.4, -0.2) is 58.6 Å². The van der Waals surface area contributed by atoms with Gasteiger partial charge in [-0.2, -0.15) is 0 Å². The van der Waals surface area contributed by atoms with E-state index in [4.69, 9.17) is 0 Å². The molecule has 4 amide bonds. The monoisotopic (exact) mass is 513 g/mol. The van der Waals surface area contributed by atoms with Gasteiger partial charge in [-0.05, 0) is 70.3 Å². The SMILES string of the molecule is CN1C(=O)N(CC(=O)C2CCCC3(CCCCCCCCCCC3)N2)C(=O)C(C)(C2=CCCCC2)C1=O. The second-order valence-electron chi connectivity index (χ2n) is 12.2. The van der Waals surface area contributed by atoms with Crippen LogP contribution in [0.2, 0.25) is 0 Å². The molecule has 37 heavy (non-hydrogen) atoms. The Kier molecular flexibility index (Phi) is 9.25. The molecule has 1 spiro atoms. The minimum atomic E-state index is -1.40. The predicted octanol–water partition coefficient (Wildman–Crippen LogP) is 5.67. The Labute approximate surface area is 222 Å². The van der Waals surface area contributed by atoms with Gasteiger partial charge < -0.3 is 5.32 Å². The molecule has 4 rings (SSSR count). The molecule has 1 N–H and O–H groups in total. The second-order valence-corrected chi connectivity index (χ2v) is 12.2. The Hall–Kier alpha value is -2.02. The average Bonchev–Trinajstić information content (AvgIpc) is 2.91. The van der Waals surface area contributed by atoms with Gasteiger partial charge in [-0.25, -0.2) is 4.79 Å². The van der Waals surface area contributed by atoms with Gasteiger partial charge in [0.1, 0.15) is 5.41 Å². The fourth-order valence-electron chi connectivity index (χ4n) is 7.11. The summed E-state index contributed by atoms with van der Waals surface area (Å²) in [6.07, 6.45) is 21.8. The number of hydrogen-bond acceptors (Lipinski definition) is 5. The first-order valence-electron chi connectivity index (χ1n) is 14.9. The maximum Gasteiger partial charge on any atom is 0.333 e. The predicted molar refractivity (Wildman–Crippen MR) is 144 cm³/mol. The molecule has 1 saturated carbocycles. The summed E-state index contributed by atoms with van der Waals surface area (Å²) in [5, 5.41) is 3.75. The lowest BCUT2D eigenvalue weighted by atomic mass is 9.73. The van der Waals surface area contributed by atoms with Crippen LogP contribution in [0.25, 0.3) is 0 Å². The van der Waals surface area contributed by atoms with Crippen molar-refractivity contribution in [3.05, 3.63) is 11.6 Å². The number of amides is 4. The molecule has 2 heterocycles. The molecule has 0 radical (unpaired) electrons. The van der Waals surface area contributed by atoms with E-state index in [9.17, 15) is 19.2 Å². The normalized spacial score (nSPS) is 30.5. The van der Waals surface area contributed by atoms with Crippen LogP contribution in [0.3, 0.4) is 0 Å². The van der Waals surface area contributed by atoms with E-state index >= 15 is 0 Å². The van der Waals surface area contributed by atoms with E-state index in [0.29, 0.717) is 6.42 Å². The van der Waals surface area contributed by atoms with Gasteiger partial charge in [0.25, 0.3) is 5.91 Å². The largest absolute Gasteiger partial charge is 0.333 e. The molecular formula is C30H47N3O4. The highest BCUT2D eigenvalue weighted by Crippen LogP contribution is 2.40. The number of barbiturate groups is 1. The number of piperidine rings is 1. The first kappa shape index (κ1) is 28.0. The lowest BCUT2D eigenvalue weighted by molar-refractivity contribution is -0.155. The van der Waals surface area contributed by atoms with Crippen molar-refractivity contribution in [3.8, 4) is 0 Å². The molecule has 0 aromatic rings. The molecule has 2 atom stereocenters. The third-order valence-corrected chi connectivity index (χ3v) is 9.50. The summed E-state index contributed by atoms with van der Waals surface area (Å²) in [6.45, 7) is 1.36. The van der Waals surface area contributed by atoms with E-state index < -0.39 is 23.3 Å². The van der Waals surface area contributed by atoms with Gasteiger partial charge in [-0.3, -0.25) is 24.2 Å². The van der Waals surface area contributed by atoms with Crippen LogP contribution in [0.1, 0.15) is 122 Å². The molecule has 2 aliphatic carbocycles. The van der Waals surface area contributed by atoms with Crippen molar-refractivity contribution in [3.63, 3.8) is 0 Å². The van der Waals surface area contributed by atoms with Crippen LogP contribution in [0.15, 0.2) is 11.6 Å². The number of nitrogens with zero attached hydrogens (tertiary/aromatic N) is 2. The third kappa shape index (κ3) is 6.02. The Bertz CT molecular complexity index is 901. The molecule has 2 saturated heterocycles. The van der Waals surface area contributed by atoms with Gasteiger partial charge in [0.2, 0.25) is 5.91 Å². The summed E-state index contributed by atoms with van der Waals surface area (Å²) in [5.41, 5.74) is -0.645. The van der Waals surface area contributed by atoms with Crippen molar-refractivity contribution in [1.82, 2.24) is 15.1 Å². The number of allylic oxidation sites excluding steroid dienone is 1. The molecule has 0 bridgehead atoms. The maximum absolute atomic E-state index is 13.7. The third-order valence-electron chi connectivity index (χ3n) is 9.50. The number of carbonyl (C=O) groups is 4. The molecule has 3 fully saturated rings. The van der Waals surface area contributed by atoms with Gasteiger partial charge >= 0.3 is 6.03 Å². The zero-order valence-corrected chi connectivity index (χ0v) is 23.1. The van der Waals surface area contributed by atoms with Crippen LogP contribution < -0.4 is 5.32 Å². The van der Waals surface area contributed by atoms with Crippen LogP contribution >= 0.6 is 0 Å². The standard InChI is InChI=1S/C30H47N3O4/c1-29(23-16-11-10-12-17-23)26(35)32(2)28(37)33(27(29)36)22-25(34)24-18-15-21-30(31-24)19-13-8-6-4-3-5-7-9-14-20-30/h16,24,31H,3-15,17-22H2,1-2H3. The molecule has 0 aromatic heterocycles. The zero-order chi connectivity index (χ0) is 26.5. The van der Waals surface area contributed by atoms with Crippen LogP contribution in [0.4, 0.5) is 4.79 Å². The van der Waals surface area contributed by atoms with E-state index in [-0.39, 0.29) is 23.9 Å². The molecule has 7 heteroatoms. The molecular weight excluding hydrogens is 466 g/mol. The van der Waals surface area contributed by atoms with Crippen molar-refractivity contribution < 1.29 is 19.2 Å². The molecule has 4 aliphatic rings. The van der Waals surface area contributed by atoms with E-state index in [1.807, 2.05) is 6.08 Å². The molecule has 2 unspecified atom stereocenters. The molecule has 2 aliphatic heterocycles. The van der Waals surface area contributed by atoms with E-state index in [1.165, 1.54) is 64.8 Å². The Morgan fingerprint density at radius 1 is 0.865 bits per heavy atom. The first-order chi connectivity index (χ1) is 17.8. The second kappa shape index (κ2) is 12.2. The summed E-state index contributed by atoms with van der Waals surface area (Å²) in [6, 6.07) is -1.04. The van der Waals surface area contributed by atoms with Gasteiger partial charge in [-0.1, -0.05) is 63.9 Å². The molecule has 206 valence electrons. The number of imide groups is 2. The number of rotatable bonds is 4. The van der Waals surface area contributed by atoms with Gasteiger partial charge in [-0.15, -0.1) is 0 Å². The maximum atomic E-state index is 13.7. The first-order valence-corrected chi connectivity index (χ1v) is 14.9. The molecule has 0 aromatic carbocycles. The quantitative estimate of drug-likeness (QED) is 0.387. The van der Waals surface area contributed by atoms with Crippen LogP contribution in [0.5, 0.6) is 0 Å². The summed E-state index contributed by atoms with van der Waals surface area (Å²) in [7, 11) is 1.43. The fraction of sp³-hybridized carbons (Fsp3) is 0.800. The van der Waals surface area contributed by atoms with Crippen molar-refractivity contribution in [2.75, 3.05) is 13.6 Å². The summed E-state index contributed by atoms with van der Waals surface area (Å²) in [5.74, 6) is -1.14. The number of nitrogens with one attached hydrogen (secondary N) is 1. The van der Waals surface area contributed by atoms with E-state index in [2.05, 4.69) is 5.32 Å². The van der Waals surface area contributed by atoms with Crippen molar-refractivity contribution >= 4 is 23.6 Å². The number of carbonyl (C=O) groups excluding carboxylic acids is 4. The van der Waals surface area contributed by atoms with Gasteiger partial charge in [0, 0.05) is 12.6 Å². The summed E-state index contributed by atoms with van der Waals surface area (Å²) in [4.78, 5) is 55.6. The Balaban J connectivity index is 1.47. The minimum Gasteiger partial charge on any atom is -0.302 e. The van der Waals surface area contributed by atoms with E-state index in [0.717, 1.165) is 66.7 Å². The zero-order valence-electron chi connectivity index (χ0n) is 23.1. The summed E-state index contributed by atoms with van der Waals surface area (Å²) < 4.78 is 0. The highest BCUT2D eigenvalue weighted by molar-refractivity contribution is 6.21. The molecule has 7 nitrogen and oxygen atoms in total. The smallest absolute Gasteiger partial charge is 0.302 e. The fourth-order valence-corrected chi connectivity index (χ4v) is 7.11. The van der Waals surface area contributed by atoms with Crippen molar-refractivity contribution in [2.24, 2.45) is 5.41 Å². The minimum absolute atomic E-state index is 0.0259. The Morgan fingerprint density at radius 3 is 2.05 bits per heavy atom.